The monoisotopic (exact) mass is 482 g/mol. The van der Waals surface area contributed by atoms with Gasteiger partial charge in [0.1, 0.15) is 5.82 Å². The molecule has 0 aliphatic carbocycles. The van der Waals surface area contributed by atoms with Crippen LogP contribution in [0.15, 0.2) is 71.8 Å². The Balaban J connectivity index is 1.31. The van der Waals surface area contributed by atoms with Gasteiger partial charge in [0, 0.05) is 44.5 Å². The van der Waals surface area contributed by atoms with Gasteiger partial charge in [-0.3, -0.25) is 9.10 Å². The molecule has 7 nitrogen and oxygen atoms in total. The van der Waals surface area contributed by atoms with Crippen LogP contribution in [0.2, 0.25) is 5.02 Å². The van der Waals surface area contributed by atoms with Crippen LogP contribution in [0.3, 0.4) is 0 Å². The van der Waals surface area contributed by atoms with Crippen LogP contribution in [-0.4, -0.2) is 56.9 Å². The van der Waals surface area contributed by atoms with E-state index in [0.717, 1.165) is 11.4 Å². The van der Waals surface area contributed by atoms with E-state index in [-0.39, 0.29) is 10.8 Å². The van der Waals surface area contributed by atoms with Gasteiger partial charge in [-0.25, -0.2) is 13.4 Å². The topological polar surface area (TPSA) is 73.8 Å². The number of hydrogen-bond acceptors (Lipinski definition) is 5. The number of amides is 1. The van der Waals surface area contributed by atoms with E-state index >= 15 is 0 Å². The first kappa shape index (κ1) is 21.7. The Bertz CT molecular complexity index is 1290. The van der Waals surface area contributed by atoms with Gasteiger partial charge in [0.15, 0.2) is 0 Å². The number of sulfonamides is 1. The molecule has 3 heterocycles. The first-order valence-corrected chi connectivity index (χ1v) is 12.6. The Labute approximate surface area is 198 Å². The fourth-order valence-corrected chi connectivity index (χ4v) is 6.01. The van der Waals surface area contributed by atoms with Crippen LogP contribution in [0.25, 0.3) is 0 Å². The van der Waals surface area contributed by atoms with Gasteiger partial charge in [-0.1, -0.05) is 35.9 Å². The molecule has 2 aliphatic rings. The summed E-state index contributed by atoms with van der Waals surface area (Å²) >= 11 is 5.91. The second kappa shape index (κ2) is 8.68. The quantitative estimate of drug-likeness (QED) is 0.569. The van der Waals surface area contributed by atoms with E-state index in [2.05, 4.69) is 9.88 Å². The number of pyridine rings is 1. The normalized spacial score (nSPS) is 16.1. The number of carbonyl (C=O) groups is 1. The van der Waals surface area contributed by atoms with E-state index < -0.39 is 10.0 Å². The molecule has 2 aliphatic heterocycles. The van der Waals surface area contributed by atoms with Crippen molar-refractivity contribution in [2.45, 2.75) is 11.3 Å². The number of anilines is 2. The molecule has 0 spiro atoms. The van der Waals surface area contributed by atoms with Crippen LogP contribution < -0.4 is 9.21 Å². The zero-order valence-corrected chi connectivity index (χ0v) is 19.5. The molecule has 1 amide bonds. The number of fused-ring (bicyclic) bond motifs is 1. The molecule has 0 N–H and O–H groups in total. The number of benzene rings is 2. The van der Waals surface area contributed by atoms with Crippen LogP contribution in [0, 0.1) is 0 Å². The summed E-state index contributed by atoms with van der Waals surface area (Å²) < 4.78 is 28.1. The summed E-state index contributed by atoms with van der Waals surface area (Å²) in [6, 6.07) is 17.5. The van der Waals surface area contributed by atoms with E-state index in [1.54, 1.807) is 35.4 Å². The summed E-state index contributed by atoms with van der Waals surface area (Å²) in [5, 5.41) is 0.583. The molecule has 1 fully saturated rings. The third kappa shape index (κ3) is 4.16. The number of carbonyl (C=O) groups excluding carboxylic acids is 1. The Kier molecular flexibility index (Phi) is 5.72. The summed E-state index contributed by atoms with van der Waals surface area (Å²) in [4.78, 5) is 21.5. The van der Waals surface area contributed by atoms with Gasteiger partial charge < -0.3 is 9.80 Å². The van der Waals surface area contributed by atoms with Crippen molar-refractivity contribution in [2.75, 3.05) is 41.9 Å². The fourth-order valence-electron chi connectivity index (χ4n) is 4.35. The van der Waals surface area contributed by atoms with Crippen molar-refractivity contribution >= 4 is 39.0 Å². The van der Waals surface area contributed by atoms with Crippen LogP contribution in [0.4, 0.5) is 11.5 Å². The Morgan fingerprint density at radius 3 is 2.45 bits per heavy atom. The molecular weight excluding hydrogens is 460 g/mol. The number of aromatic nitrogens is 1. The molecule has 170 valence electrons. The van der Waals surface area contributed by atoms with E-state index in [4.69, 9.17) is 11.6 Å². The number of hydrogen-bond donors (Lipinski definition) is 0. The molecule has 0 unspecified atom stereocenters. The SMILES string of the molecule is O=C(c1cccc(S(=O)(=O)N2CCc3ccccc32)c1)N1CCN(c2ccc(Cl)cn2)CC1. The number of rotatable bonds is 4. The number of halogens is 1. The molecule has 1 saturated heterocycles. The van der Waals surface area contributed by atoms with Crippen LogP contribution in [0.1, 0.15) is 15.9 Å². The molecule has 1 aromatic heterocycles. The molecule has 3 aromatic rings. The van der Waals surface area contributed by atoms with Gasteiger partial charge in [0.2, 0.25) is 0 Å². The number of nitrogens with zero attached hydrogens (tertiary/aromatic N) is 4. The van der Waals surface area contributed by atoms with Crippen molar-refractivity contribution in [1.82, 2.24) is 9.88 Å². The van der Waals surface area contributed by atoms with Crippen molar-refractivity contribution in [3.63, 3.8) is 0 Å². The van der Waals surface area contributed by atoms with E-state index in [1.165, 1.54) is 10.4 Å². The molecule has 2 aromatic carbocycles. The fraction of sp³-hybridized carbons (Fsp3) is 0.250. The van der Waals surface area contributed by atoms with E-state index in [9.17, 15) is 13.2 Å². The minimum absolute atomic E-state index is 0.133. The minimum atomic E-state index is -3.75. The standard InChI is InChI=1S/C24H23ClN4O3S/c25-20-8-9-23(26-17-20)27-12-14-28(15-13-27)24(30)19-5-3-6-21(16-19)33(31,32)29-11-10-18-4-1-2-7-22(18)29/h1-9,16-17H,10-15H2. The Hall–Kier alpha value is -3.10. The van der Waals surface area contributed by atoms with E-state index in [0.29, 0.717) is 55.4 Å². The van der Waals surface area contributed by atoms with Crippen LogP contribution in [-0.2, 0) is 16.4 Å². The van der Waals surface area contributed by atoms with Gasteiger partial charge >= 0.3 is 0 Å². The van der Waals surface area contributed by atoms with Crippen LogP contribution >= 0.6 is 11.6 Å². The van der Waals surface area contributed by atoms with Crippen molar-refractivity contribution < 1.29 is 13.2 Å². The smallest absolute Gasteiger partial charge is 0.264 e. The van der Waals surface area contributed by atoms with Gasteiger partial charge in [-0.05, 0) is 48.4 Å². The first-order chi connectivity index (χ1) is 15.9. The highest BCUT2D eigenvalue weighted by Gasteiger charge is 2.31. The molecule has 0 radical (unpaired) electrons. The summed E-state index contributed by atoms with van der Waals surface area (Å²) in [6.45, 7) is 2.74. The lowest BCUT2D eigenvalue weighted by Gasteiger charge is -2.35. The molecule has 33 heavy (non-hydrogen) atoms. The largest absolute Gasteiger partial charge is 0.353 e. The van der Waals surface area contributed by atoms with Crippen molar-refractivity contribution in [2.24, 2.45) is 0 Å². The molecule has 0 saturated carbocycles. The predicted octanol–water partition coefficient (Wildman–Crippen LogP) is 3.45. The Morgan fingerprint density at radius 2 is 1.70 bits per heavy atom. The molecular formula is C24H23ClN4O3S. The van der Waals surface area contributed by atoms with Crippen molar-refractivity contribution in [1.29, 1.82) is 0 Å². The zero-order valence-electron chi connectivity index (χ0n) is 17.9. The second-order valence-electron chi connectivity index (χ2n) is 8.10. The van der Waals surface area contributed by atoms with Gasteiger partial charge in [-0.15, -0.1) is 0 Å². The first-order valence-electron chi connectivity index (χ1n) is 10.8. The summed E-state index contributed by atoms with van der Waals surface area (Å²) in [7, 11) is -3.75. The highest BCUT2D eigenvalue weighted by Crippen LogP contribution is 2.33. The molecule has 0 atom stereocenters. The predicted molar refractivity (Wildman–Crippen MR) is 128 cm³/mol. The summed E-state index contributed by atoms with van der Waals surface area (Å²) in [6.07, 6.45) is 2.29. The average molecular weight is 483 g/mol. The highest BCUT2D eigenvalue weighted by molar-refractivity contribution is 7.92. The lowest BCUT2D eigenvalue weighted by atomic mass is 10.2. The summed E-state index contributed by atoms with van der Waals surface area (Å²) in [5.41, 5.74) is 2.10. The number of para-hydroxylation sites is 1. The molecule has 0 bridgehead atoms. The zero-order chi connectivity index (χ0) is 23.0. The van der Waals surface area contributed by atoms with Gasteiger partial charge in [-0.2, -0.15) is 0 Å². The lowest BCUT2D eigenvalue weighted by Crippen LogP contribution is -2.49. The molecule has 9 heteroatoms. The van der Waals surface area contributed by atoms with Crippen molar-refractivity contribution in [3.8, 4) is 0 Å². The third-order valence-corrected chi connectivity index (χ3v) is 8.15. The number of piperazine rings is 1. The lowest BCUT2D eigenvalue weighted by molar-refractivity contribution is 0.0746. The van der Waals surface area contributed by atoms with E-state index in [1.807, 2.05) is 30.3 Å². The van der Waals surface area contributed by atoms with Crippen LogP contribution in [0.5, 0.6) is 0 Å². The van der Waals surface area contributed by atoms with Gasteiger partial charge in [0.05, 0.1) is 15.6 Å². The van der Waals surface area contributed by atoms with Crippen molar-refractivity contribution in [3.05, 3.63) is 83.0 Å². The summed E-state index contributed by atoms with van der Waals surface area (Å²) in [5.74, 6) is 0.656. The minimum Gasteiger partial charge on any atom is -0.353 e. The average Bonchev–Trinajstić information content (AvgIpc) is 3.29. The van der Waals surface area contributed by atoms with Gasteiger partial charge in [0.25, 0.3) is 15.9 Å². The maximum absolute atomic E-state index is 13.4. The second-order valence-corrected chi connectivity index (χ2v) is 10.4. The highest BCUT2D eigenvalue weighted by atomic mass is 35.5. The third-order valence-electron chi connectivity index (χ3n) is 6.12. The maximum atomic E-state index is 13.4. The molecule has 5 rings (SSSR count). The maximum Gasteiger partial charge on any atom is 0.264 e. The Morgan fingerprint density at radius 1 is 0.909 bits per heavy atom.